The Kier molecular flexibility index (Phi) is 4.55. The van der Waals surface area contributed by atoms with E-state index >= 15 is 0 Å². The summed E-state index contributed by atoms with van der Waals surface area (Å²) < 4.78 is 68.0. The van der Waals surface area contributed by atoms with Crippen LogP contribution < -0.4 is 9.46 Å². The minimum Gasteiger partial charge on any atom is -0.406 e. The normalized spacial score (nSPS) is 12.4. The Labute approximate surface area is 130 Å². The molecule has 2 rings (SSSR count). The molecule has 0 aliphatic carbocycles. The van der Waals surface area contributed by atoms with Crippen molar-refractivity contribution in [2.45, 2.75) is 31.1 Å². The van der Waals surface area contributed by atoms with E-state index in [9.17, 15) is 21.6 Å². The first-order chi connectivity index (χ1) is 10.6. The van der Waals surface area contributed by atoms with E-state index in [4.69, 9.17) is 0 Å². The van der Waals surface area contributed by atoms with E-state index in [0.29, 0.717) is 0 Å². The van der Waals surface area contributed by atoms with Crippen molar-refractivity contribution in [2.75, 3.05) is 4.72 Å². The van der Waals surface area contributed by atoms with Crippen molar-refractivity contribution in [3.8, 4) is 5.75 Å². The van der Waals surface area contributed by atoms with E-state index in [2.05, 4.69) is 14.6 Å². The van der Waals surface area contributed by atoms with Gasteiger partial charge in [0.05, 0.1) is 6.20 Å². The standard InChI is InChI=1S/C13H14F3N3O3S/c1-9(2)19-8-12(7-17-19)23(20,21)18-10-3-5-11(6-4-10)22-13(14,15)16/h3-9,18H,1-2H3. The molecule has 1 N–H and O–H groups in total. The number of ether oxygens (including phenoxy) is 1. The molecule has 1 aromatic heterocycles. The van der Waals surface area contributed by atoms with Gasteiger partial charge in [0.1, 0.15) is 10.6 Å². The second-order valence-electron chi connectivity index (χ2n) is 4.93. The summed E-state index contributed by atoms with van der Waals surface area (Å²) in [5, 5.41) is 3.93. The molecule has 0 amide bonds. The molecule has 126 valence electrons. The number of nitrogens with zero attached hydrogens (tertiary/aromatic N) is 2. The van der Waals surface area contributed by atoms with Crippen molar-refractivity contribution in [1.29, 1.82) is 0 Å². The summed E-state index contributed by atoms with van der Waals surface area (Å²) in [6.45, 7) is 3.69. The van der Waals surface area contributed by atoms with Crippen LogP contribution in [0.25, 0.3) is 0 Å². The number of hydrogen-bond donors (Lipinski definition) is 1. The van der Waals surface area contributed by atoms with E-state index in [-0.39, 0.29) is 16.6 Å². The zero-order valence-corrected chi connectivity index (χ0v) is 13.0. The monoisotopic (exact) mass is 349 g/mol. The van der Waals surface area contributed by atoms with Gasteiger partial charge in [-0.2, -0.15) is 5.10 Å². The summed E-state index contributed by atoms with van der Waals surface area (Å²) in [6.07, 6.45) is -2.23. The van der Waals surface area contributed by atoms with Gasteiger partial charge in [-0.1, -0.05) is 0 Å². The molecule has 0 fully saturated rings. The third-order valence-corrected chi connectivity index (χ3v) is 4.09. The molecule has 0 spiro atoms. The maximum absolute atomic E-state index is 12.2. The number of anilines is 1. The molecule has 0 saturated carbocycles. The van der Waals surface area contributed by atoms with Crippen molar-refractivity contribution in [3.63, 3.8) is 0 Å². The molecular formula is C13H14F3N3O3S. The van der Waals surface area contributed by atoms with Gasteiger partial charge in [-0.15, -0.1) is 13.2 Å². The van der Waals surface area contributed by atoms with Gasteiger partial charge in [0.15, 0.2) is 0 Å². The van der Waals surface area contributed by atoms with Gasteiger partial charge >= 0.3 is 6.36 Å². The fourth-order valence-electron chi connectivity index (χ4n) is 1.68. The van der Waals surface area contributed by atoms with Crippen LogP contribution in [0, 0.1) is 0 Å². The van der Waals surface area contributed by atoms with Crippen LogP contribution in [0.1, 0.15) is 19.9 Å². The highest BCUT2D eigenvalue weighted by molar-refractivity contribution is 7.92. The average Bonchev–Trinajstić information content (AvgIpc) is 2.90. The second-order valence-corrected chi connectivity index (χ2v) is 6.61. The number of hydrogen-bond acceptors (Lipinski definition) is 4. The molecule has 1 aromatic carbocycles. The first kappa shape index (κ1) is 17.1. The van der Waals surface area contributed by atoms with E-state index in [1.54, 1.807) is 0 Å². The zero-order chi connectivity index (χ0) is 17.3. The Morgan fingerprint density at radius 3 is 2.30 bits per heavy atom. The highest BCUT2D eigenvalue weighted by atomic mass is 32.2. The van der Waals surface area contributed by atoms with Crippen molar-refractivity contribution in [3.05, 3.63) is 36.7 Å². The van der Waals surface area contributed by atoms with Gasteiger partial charge in [0, 0.05) is 17.9 Å². The number of rotatable bonds is 5. The molecule has 0 aliphatic heterocycles. The lowest BCUT2D eigenvalue weighted by molar-refractivity contribution is -0.274. The Bertz CT molecular complexity index is 768. The van der Waals surface area contributed by atoms with Crippen LogP contribution in [-0.2, 0) is 10.0 Å². The maximum Gasteiger partial charge on any atom is 0.573 e. The number of alkyl halides is 3. The maximum atomic E-state index is 12.2. The van der Waals surface area contributed by atoms with Gasteiger partial charge in [0.2, 0.25) is 0 Å². The van der Waals surface area contributed by atoms with E-state index in [1.165, 1.54) is 29.2 Å². The van der Waals surface area contributed by atoms with Gasteiger partial charge in [-0.3, -0.25) is 9.40 Å². The minimum absolute atomic E-state index is 0.00208. The van der Waals surface area contributed by atoms with E-state index < -0.39 is 22.1 Å². The highest BCUT2D eigenvalue weighted by Gasteiger charge is 2.31. The molecule has 0 unspecified atom stereocenters. The Morgan fingerprint density at radius 2 is 1.83 bits per heavy atom. The summed E-state index contributed by atoms with van der Waals surface area (Å²) in [5.74, 6) is -0.437. The fourth-order valence-corrected chi connectivity index (χ4v) is 2.68. The molecule has 0 atom stereocenters. The van der Waals surface area contributed by atoms with Crippen LogP contribution in [0.3, 0.4) is 0 Å². The molecule has 0 radical (unpaired) electrons. The lowest BCUT2D eigenvalue weighted by Gasteiger charge is -2.10. The topological polar surface area (TPSA) is 73.2 Å². The van der Waals surface area contributed by atoms with Crippen LogP contribution in [0.5, 0.6) is 5.75 Å². The van der Waals surface area contributed by atoms with Crippen LogP contribution >= 0.6 is 0 Å². The Morgan fingerprint density at radius 1 is 1.22 bits per heavy atom. The Balaban J connectivity index is 2.14. The van der Waals surface area contributed by atoms with Gasteiger partial charge in [-0.05, 0) is 38.1 Å². The van der Waals surface area contributed by atoms with E-state index in [0.717, 1.165) is 12.1 Å². The Hall–Kier alpha value is -2.23. The predicted octanol–water partition coefficient (Wildman–Crippen LogP) is 3.16. The molecule has 23 heavy (non-hydrogen) atoms. The number of aromatic nitrogens is 2. The van der Waals surface area contributed by atoms with Crippen molar-refractivity contribution >= 4 is 15.7 Å². The van der Waals surface area contributed by atoms with Gasteiger partial charge < -0.3 is 4.74 Å². The summed E-state index contributed by atoms with van der Waals surface area (Å²) in [6, 6.07) is 4.38. The molecule has 2 aromatic rings. The molecular weight excluding hydrogens is 335 g/mol. The summed E-state index contributed by atoms with van der Waals surface area (Å²) in [4.78, 5) is -0.0400. The molecule has 1 heterocycles. The lowest BCUT2D eigenvalue weighted by Crippen LogP contribution is -2.17. The SMILES string of the molecule is CC(C)n1cc(S(=O)(=O)Nc2ccc(OC(F)(F)F)cc2)cn1. The summed E-state index contributed by atoms with van der Waals surface area (Å²) in [7, 11) is -3.87. The van der Waals surface area contributed by atoms with Gasteiger partial charge in [-0.25, -0.2) is 8.42 Å². The minimum atomic E-state index is -4.80. The second kappa shape index (κ2) is 6.11. The lowest BCUT2D eigenvalue weighted by atomic mass is 10.3. The van der Waals surface area contributed by atoms with Crippen molar-refractivity contribution < 1.29 is 26.3 Å². The third kappa shape index (κ3) is 4.62. The summed E-state index contributed by atoms with van der Waals surface area (Å²) >= 11 is 0. The van der Waals surface area contributed by atoms with Crippen molar-refractivity contribution in [1.82, 2.24) is 9.78 Å². The molecule has 0 saturated heterocycles. The smallest absolute Gasteiger partial charge is 0.406 e. The first-order valence-corrected chi connectivity index (χ1v) is 7.98. The highest BCUT2D eigenvalue weighted by Crippen LogP contribution is 2.25. The van der Waals surface area contributed by atoms with E-state index in [1.807, 2.05) is 13.8 Å². The van der Waals surface area contributed by atoms with Crippen LogP contribution in [0.2, 0.25) is 0 Å². The van der Waals surface area contributed by atoms with Crippen LogP contribution in [-0.4, -0.2) is 24.6 Å². The van der Waals surface area contributed by atoms with Gasteiger partial charge in [0.25, 0.3) is 10.0 Å². The first-order valence-electron chi connectivity index (χ1n) is 6.49. The molecule has 0 bridgehead atoms. The number of sulfonamides is 1. The average molecular weight is 349 g/mol. The number of halogens is 3. The van der Waals surface area contributed by atoms with Crippen LogP contribution in [0.4, 0.5) is 18.9 Å². The molecule has 0 aliphatic rings. The zero-order valence-electron chi connectivity index (χ0n) is 12.2. The third-order valence-electron chi connectivity index (χ3n) is 2.76. The van der Waals surface area contributed by atoms with Crippen LogP contribution in [0.15, 0.2) is 41.6 Å². The van der Waals surface area contributed by atoms with Crippen molar-refractivity contribution in [2.24, 2.45) is 0 Å². The number of nitrogens with one attached hydrogen (secondary N) is 1. The summed E-state index contributed by atoms with van der Waals surface area (Å²) in [5.41, 5.74) is 0.108. The predicted molar refractivity (Wildman–Crippen MR) is 76.5 cm³/mol. The quantitative estimate of drug-likeness (QED) is 0.900. The number of benzene rings is 1. The molecule has 6 nitrogen and oxygen atoms in total. The molecule has 10 heteroatoms. The largest absolute Gasteiger partial charge is 0.573 e. The fraction of sp³-hybridized carbons (Fsp3) is 0.308.